The van der Waals surface area contributed by atoms with Gasteiger partial charge in [-0.15, -0.1) is 0 Å². The van der Waals surface area contributed by atoms with Crippen molar-refractivity contribution >= 4 is 21.9 Å². The van der Waals surface area contributed by atoms with Crippen LogP contribution in [0.25, 0.3) is 0 Å². The molecule has 0 aromatic heterocycles. The van der Waals surface area contributed by atoms with Crippen LogP contribution in [-0.4, -0.2) is 39.3 Å². The topological polar surface area (TPSA) is 45.6 Å². The van der Waals surface area contributed by atoms with Crippen molar-refractivity contribution in [2.75, 3.05) is 33.4 Å². The summed E-state index contributed by atoms with van der Waals surface area (Å²) in [5.41, 5.74) is 1.35. The van der Waals surface area contributed by atoms with E-state index < -0.39 is 0 Å². The van der Waals surface area contributed by atoms with Crippen LogP contribution < -0.4 is 10.6 Å². The van der Waals surface area contributed by atoms with E-state index >= 15 is 0 Å². The van der Waals surface area contributed by atoms with Gasteiger partial charge in [-0.1, -0.05) is 28.1 Å². The number of hydrogen-bond acceptors (Lipinski definition) is 2. The molecule has 0 aliphatic rings. The molecule has 0 atom stereocenters. The second-order valence-corrected chi connectivity index (χ2v) is 5.63. The quantitative estimate of drug-likeness (QED) is 0.406. The Morgan fingerprint density at radius 1 is 1.24 bits per heavy atom. The molecule has 1 aromatic carbocycles. The molecule has 0 bridgehead atoms. The summed E-state index contributed by atoms with van der Waals surface area (Å²) in [6.07, 6.45) is 3.14. The number of guanidine groups is 1. The zero-order valence-corrected chi connectivity index (χ0v) is 14.6. The van der Waals surface area contributed by atoms with Gasteiger partial charge in [0.2, 0.25) is 0 Å². The highest BCUT2D eigenvalue weighted by atomic mass is 79.9. The summed E-state index contributed by atoms with van der Waals surface area (Å²) in [4.78, 5) is 4.21. The van der Waals surface area contributed by atoms with E-state index in [2.05, 4.69) is 55.8 Å². The number of hydrogen-bond donors (Lipinski definition) is 2. The van der Waals surface area contributed by atoms with Crippen molar-refractivity contribution in [3.8, 4) is 0 Å². The van der Waals surface area contributed by atoms with E-state index in [4.69, 9.17) is 4.74 Å². The van der Waals surface area contributed by atoms with Crippen molar-refractivity contribution in [2.24, 2.45) is 4.99 Å². The monoisotopic (exact) mass is 355 g/mol. The Bertz CT molecular complexity index is 424. The molecule has 0 aliphatic heterocycles. The minimum absolute atomic E-state index is 0.780. The maximum absolute atomic E-state index is 5.30. The number of rotatable bonds is 9. The fourth-order valence-electron chi connectivity index (χ4n) is 1.94. The minimum atomic E-state index is 0.780. The summed E-state index contributed by atoms with van der Waals surface area (Å²) >= 11 is 3.50. The standard InChI is InChI=1S/C16H26BrN3O/c1-3-21-12-6-11-20-16(18-2)19-10-5-8-14-7-4-9-15(17)13-14/h4,7,9,13H,3,5-6,8,10-12H2,1-2H3,(H2,18,19,20). The third-order valence-electron chi connectivity index (χ3n) is 3.01. The van der Waals surface area contributed by atoms with Crippen LogP contribution in [0.5, 0.6) is 0 Å². The third-order valence-corrected chi connectivity index (χ3v) is 3.50. The smallest absolute Gasteiger partial charge is 0.190 e. The van der Waals surface area contributed by atoms with Gasteiger partial charge >= 0.3 is 0 Å². The van der Waals surface area contributed by atoms with E-state index in [1.165, 1.54) is 5.56 Å². The molecule has 0 heterocycles. The Morgan fingerprint density at radius 2 is 2.00 bits per heavy atom. The van der Waals surface area contributed by atoms with Crippen molar-refractivity contribution in [1.82, 2.24) is 10.6 Å². The summed E-state index contributed by atoms with van der Waals surface area (Å²) in [7, 11) is 1.80. The van der Waals surface area contributed by atoms with Crippen LogP contribution in [0.4, 0.5) is 0 Å². The van der Waals surface area contributed by atoms with Crippen LogP contribution in [0.15, 0.2) is 33.7 Å². The Balaban J connectivity index is 2.12. The van der Waals surface area contributed by atoms with Crippen molar-refractivity contribution < 1.29 is 4.74 Å². The van der Waals surface area contributed by atoms with Gasteiger partial charge in [0.15, 0.2) is 5.96 Å². The second-order valence-electron chi connectivity index (χ2n) is 4.71. The maximum Gasteiger partial charge on any atom is 0.190 e. The van der Waals surface area contributed by atoms with E-state index in [9.17, 15) is 0 Å². The molecule has 0 fully saturated rings. The molecule has 0 radical (unpaired) electrons. The molecule has 1 aromatic rings. The second kappa shape index (κ2) is 11.6. The molecule has 4 nitrogen and oxygen atoms in total. The first-order chi connectivity index (χ1) is 10.3. The zero-order valence-electron chi connectivity index (χ0n) is 13.0. The number of benzene rings is 1. The Morgan fingerprint density at radius 3 is 2.67 bits per heavy atom. The molecule has 2 N–H and O–H groups in total. The van der Waals surface area contributed by atoms with Gasteiger partial charge in [0.25, 0.3) is 0 Å². The van der Waals surface area contributed by atoms with Crippen LogP contribution in [-0.2, 0) is 11.2 Å². The predicted octanol–water partition coefficient (Wildman–Crippen LogP) is 2.97. The molecule has 0 amide bonds. The van der Waals surface area contributed by atoms with Crippen LogP contribution in [0.3, 0.4) is 0 Å². The molecule has 0 spiro atoms. The number of nitrogens with zero attached hydrogens (tertiary/aromatic N) is 1. The molecular weight excluding hydrogens is 330 g/mol. The Hall–Kier alpha value is -1.07. The number of nitrogens with one attached hydrogen (secondary N) is 2. The van der Waals surface area contributed by atoms with Gasteiger partial charge in [0.1, 0.15) is 0 Å². The average molecular weight is 356 g/mol. The van der Waals surface area contributed by atoms with Gasteiger partial charge in [-0.05, 0) is 43.9 Å². The average Bonchev–Trinajstić information content (AvgIpc) is 2.49. The van der Waals surface area contributed by atoms with E-state index in [1.807, 2.05) is 6.92 Å². The molecule has 0 saturated heterocycles. The number of aliphatic imine (C=N–C) groups is 1. The lowest BCUT2D eigenvalue weighted by Crippen LogP contribution is -2.38. The number of halogens is 1. The van der Waals surface area contributed by atoms with Gasteiger partial charge in [0, 0.05) is 37.8 Å². The van der Waals surface area contributed by atoms with Crippen LogP contribution in [0.1, 0.15) is 25.3 Å². The molecule has 21 heavy (non-hydrogen) atoms. The van der Waals surface area contributed by atoms with Crippen molar-refractivity contribution in [3.05, 3.63) is 34.3 Å². The zero-order chi connectivity index (χ0) is 15.3. The highest BCUT2D eigenvalue weighted by Crippen LogP contribution is 2.12. The highest BCUT2D eigenvalue weighted by Gasteiger charge is 1.98. The van der Waals surface area contributed by atoms with Crippen molar-refractivity contribution in [1.29, 1.82) is 0 Å². The lowest BCUT2D eigenvalue weighted by molar-refractivity contribution is 0.145. The van der Waals surface area contributed by atoms with E-state index in [-0.39, 0.29) is 0 Å². The largest absolute Gasteiger partial charge is 0.382 e. The summed E-state index contributed by atoms with van der Waals surface area (Å²) in [6, 6.07) is 8.45. The van der Waals surface area contributed by atoms with E-state index in [0.717, 1.165) is 56.0 Å². The van der Waals surface area contributed by atoms with Crippen LogP contribution in [0, 0.1) is 0 Å². The summed E-state index contributed by atoms with van der Waals surface area (Å²) in [5.74, 6) is 0.862. The molecule has 1 rings (SSSR count). The van der Waals surface area contributed by atoms with Crippen LogP contribution in [0.2, 0.25) is 0 Å². The lowest BCUT2D eigenvalue weighted by Gasteiger charge is -2.11. The van der Waals surface area contributed by atoms with E-state index in [0.29, 0.717) is 0 Å². The minimum Gasteiger partial charge on any atom is -0.382 e. The van der Waals surface area contributed by atoms with Gasteiger partial charge in [-0.3, -0.25) is 4.99 Å². The Labute approximate surface area is 136 Å². The fraction of sp³-hybridized carbons (Fsp3) is 0.562. The van der Waals surface area contributed by atoms with Gasteiger partial charge < -0.3 is 15.4 Å². The summed E-state index contributed by atoms with van der Waals surface area (Å²) < 4.78 is 6.44. The first kappa shape index (κ1) is 18.0. The molecule has 0 saturated carbocycles. The number of aryl methyl sites for hydroxylation is 1. The molecule has 0 unspecified atom stereocenters. The van der Waals surface area contributed by atoms with Gasteiger partial charge in [-0.25, -0.2) is 0 Å². The van der Waals surface area contributed by atoms with Crippen LogP contribution >= 0.6 is 15.9 Å². The van der Waals surface area contributed by atoms with Crippen molar-refractivity contribution in [3.63, 3.8) is 0 Å². The SMILES string of the molecule is CCOCCCNC(=NC)NCCCc1cccc(Br)c1. The molecular formula is C16H26BrN3O. The van der Waals surface area contributed by atoms with Gasteiger partial charge in [0.05, 0.1) is 0 Å². The molecule has 118 valence electrons. The summed E-state index contributed by atoms with van der Waals surface area (Å²) in [5, 5.41) is 6.62. The predicted molar refractivity (Wildman–Crippen MR) is 92.9 cm³/mol. The fourth-order valence-corrected chi connectivity index (χ4v) is 2.38. The first-order valence-corrected chi connectivity index (χ1v) is 8.32. The third kappa shape index (κ3) is 8.73. The molecule has 5 heteroatoms. The first-order valence-electron chi connectivity index (χ1n) is 7.53. The Kier molecular flexibility index (Phi) is 9.91. The maximum atomic E-state index is 5.30. The van der Waals surface area contributed by atoms with E-state index in [1.54, 1.807) is 7.05 Å². The molecule has 0 aliphatic carbocycles. The van der Waals surface area contributed by atoms with Crippen molar-refractivity contribution in [2.45, 2.75) is 26.2 Å². The normalized spacial score (nSPS) is 11.5. The number of ether oxygens (including phenoxy) is 1. The van der Waals surface area contributed by atoms with Gasteiger partial charge in [-0.2, -0.15) is 0 Å². The summed E-state index contributed by atoms with van der Waals surface area (Å²) in [6.45, 7) is 5.38. The highest BCUT2D eigenvalue weighted by molar-refractivity contribution is 9.10. The lowest BCUT2D eigenvalue weighted by atomic mass is 10.1.